The standard InChI is InChI=1S/C17H15NO4/c19-16(20)14-10-4-5-11-15(14)18-17(21)22-12-6-9-13-7-2-1-3-8-13/h1-11H,12H2,(H,18,21)(H,19,20). The van der Waals surface area contributed by atoms with E-state index in [0.717, 1.165) is 5.56 Å². The van der Waals surface area contributed by atoms with E-state index in [-0.39, 0.29) is 17.9 Å². The first-order valence-electron chi connectivity index (χ1n) is 6.64. The number of nitrogens with one attached hydrogen (secondary N) is 1. The summed E-state index contributed by atoms with van der Waals surface area (Å²) in [5.74, 6) is -1.11. The molecule has 0 aliphatic heterocycles. The van der Waals surface area contributed by atoms with Gasteiger partial charge in [0.25, 0.3) is 0 Å². The molecular formula is C17H15NO4. The van der Waals surface area contributed by atoms with Crippen LogP contribution in [0.2, 0.25) is 0 Å². The Balaban J connectivity index is 1.86. The van der Waals surface area contributed by atoms with Gasteiger partial charge in [-0.1, -0.05) is 48.5 Å². The first-order chi connectivity index (χ1) is 10.7. The Hall–Kier alpha value is -3.08. The minimum Gasteiger partial charge on any atom is -0.478 e. The number of anilines is 1. The van der Waals surface area contributed by atoms with Crippen molar-refractivity contribution in [2.75, 3.05) is 11.9 Å². The van der Waals surface area contributed by atoms with Crippen molar-refractivity contribution in [3.05, 3.63) is 71.8 Å². The van der Waals surface area contributed by atoms with E-state index >= 15 is 0 Å². The Morgan fingerprint density at radius 2 is 1.73 bits per heavy atom. The van der Waals surface area contributed by atoms with E-state index < -0.39 is 12.1 Å². The summed E-state index contributed by atoms with van der Waals surface area (Å²) >= 11 is 0. The van der Waals surface area contributed by atoms with Gasteiger partial charge in [0, 0.05) is 0 Å². The third-order valence-corrected chi connectivity index (χ3v) is 2.81. The molecule has 22 heavy (non-hydrogen) atoms. The van der Waals surface area contributed by atoms with Crippen LogP contribution in [0.1, 0.15) is 15.9 Å². The van der Waals surface area contributed by atoms with E-state index in [1.54, 1.807) is 18.2 Å². The number of hydrogen-bond acceptors (Lipinski definition) is 3. The molecule has 112 valence electrons. The summed E-state index contributed by atoms with van der Waals surface area (Å²) in [6, 6.07) is 15.7. The lowest BCUT2D eigenvalue weighted by Gasteiger charge is -2.07. The van der Waals surface area contributed by atoms with Crippen molar-refractivity contribution in [1.82, 2.24) is 0 Å². The second-order valence-corrected chi connectivity index (χ2v) is 4.39. The van der Waals surface area contributed by atoms with Crippen LogP contribution in [0.5, 0.6) is 0 Å². The summed E-state index contributed by atoms with van der Waals surface area (Å²) in [5, 5.41) is 11.4. The number of carbonyl (C=O) groups is 2. The molecule has 0 spiro atoms. The highest BCUT2D eigenvalue weighted by molar-refractivity contribution is 5.98. The van der Waals surface area contributed by atoms with Crippen LogP contribution in [-0.2, 0) is 4.74 Å². The number of benzene rings is 2. The minimum absolute atomic E-state index is 0.0132. The molecule has 2 rings (SSSR count). The first kappa shape index (κ1) is 15.3. The van der Waals surface area contributed by atoms with Crippen LogP contribution in [0, 0.1) is 0 Å². The van der Waals surface area contributed by atoms with Gasteiger partial charge in [-0.25, -0.2) is 9.59 Å². The molecule has 0 atom stereocenters. The molecule has 0 aliphatic carbocycles. The van der Waals surface area contributed by atoms with Crippen molar-refractivity contribution in [1.29, 1.82) is 0 Å². The molecule has 2 N–H and O–H groups in total. The summed E-state index contributed by atoms with van der Waals surface area (Å²) in [6.45, 7) is 0.0932. The smallest absolute Gasteiger partial charge is 0.411 e. The van der Waals surface area contributed by atoms with Crippen LogP contribution in [-0.4, -0.2) is 23.8 Å². The van der Waals surface area contributed by atoms with Crippen LogP contribution >= 0.6 is 0 Å². The van der Waals surface area contributed by atoms with Crippen molar-refractivity contribution < 1.29 is 19.4 Å². The predicted octanol–water partition coefficient (Wildman–Crippen LogP) is 3.65. The van der Waals surface area contributed by atoms with Gasteiger partial charge in [-0.15, -0.1) is 0 Å². The van der Waals surface area contributed by atoms with Crippen LogP contribution in [0.3, 0.4) is 0 Å². The number of carboxylic acids is 1. The number of carbonyl (C=O) groups excluding carboxylic acids is 1. The van der Waals surface area contributed by atoms with E-state index in [0.29, 0.717) is 0 Å². The summed E-state index contributed by atoms with van der Waals surface area (Å²) in [7, 11) is 0. The van der Waals surface area contributed by atoms with Gasteiger partial charge in [0.1, 0.15) is 6.61 Å². The molecule has 2 aromatic carbocycles. The topological polar surface area (TPSA) is 75.6 Å². The highest BCUT2D eigenvalue weighted by Gasteiger charge is 2.11. The lowest BCUT2D eigenvalue weighted by atomic mass is 10.2. The van der Waals surface area contributed by atoms with E-state index in [1.165, 1.54) is 12.1 Å². The summed E-state index contributed by atoms with van der Waals surface area (Å²) in [5.41, 5.74) is 1.22. The largest absolute Gasteiger partial charge is 0.478 e. The molecule has 0 saturated heterocycles. The Kier molecular flexibility index (Phi) is 5.31. The quantitative estimate of drug-likeness (QED) is 0.883. The maximum atomic E-state index is 11.6. The molecule has 0 saturated carbocycles. The summed E-state index contributed by atoms with van der Waals surface area (Å²) in [6.07, 6.45) is 2.84. The molecule has 1 amide bonds. The van der Waals surface area contributed by atoms with Crippen LogP contribution in [0.15, 0.2) is 60.7 Å². The normalized spacial score (nSPS) is 10.4. The molecule has 2 aromatic rings. The number of ether oxygens (including phenoxy) is 1. The fourth-order valence-corrected chi connectivity index (χ4v) is 1.80. The van der Waals surface area contributed by atoms with E-state index in [1.807, 2.05) is 36.4 Å². The average Bonchev–Trinajstić information content (AvgIpc) is 2.53. The highest BCUT2D eigenvalue weighted by atomic mass is 16.5. The zero-order valence-corrected chi connectivity index (χ0v) is 11.7. The van der Waals surface area contributed by atoms with Gasteiger partial charge < -0.3 is 9.84 Å². The zero-order valence-electron chi connectivity index (χ0n) is 11.7. The number of rotatable bonds is 5. The van der Waals surface area contributed by atoms with Crippen LogP contribution in [0.4, 0.5) is 10.5 Å². The zero-order chi connectivity index (χ0) is 15.8. The molecular weight excluding hydrogens is 282 g/mol. The van der Waals surface area contributed by atoms with E-state index in [2.05, 4.69) is 5.32 Å². The van der Waals surface area contributed by atoms with Crippen molar-refractivity contribution in [2.45, 2.75) is 0 Å². The van der Waals surface area contributed by atoms with E-state index in [9.17, 15) is 9.59 Å². The monoisotopic (exact) mass is 297 g/mol. The Bertz CT molecular complexity index is 680. The molecule has 0 aromatic heterocycles. The van der Waals surface area contributed by atoms with Gasteiger partial charge in [-0.2, -0.15) is 0 Å². The molecule has 0 radical (unpaired) electrons. The van der Waals surface area contributed by atoms with Crippen molar-refractivity contribution >= 4 is 23.8 Å². The summed E-state index contributed by atoms with van der Waals surface area (Å²) in [4.78, 5) is 22.7. The molecule has 0 unspecified atom stereocenters. The lowest BCUT2D eigenvalue weighted by Crippen LogP contribution is -2.16. The number of aromatic carboxylic acids is 1. The summed E-state index contributed by atoms with van der Waals surface area (Å²) < 4.78 is 4.97. The van der Waals surface area contributed by atoms with Gasteiger partial charge in [0.05, 0.1) is 11.3 Å². The minimum atomic E-state index is -1.11. The number of hydrogen-bond donors (Lipinski definition) is 2. The second kappa shape index (κ2) is 7.64. The van der Waals surface area contributed by atoms with Crippen molar-refractivity contribution in [2.24, 2.45) is 0 Å². The third-order valence-electron chi connectivity index (χ3n) is 2.81. The van der Waals surface area contributed by atoms with Gasteiger partial charge in [0.2, 0.25) is 0 Å². The molecule has 0 bridgehead atoms. The Labute approximate surface area is 127 Å². The number of para-hydroxylation sites is 1. The molecule has 5 heteroatoms. The molecule has 0 fully saturated rings. The van der Waals surface area contributed by atoms with Gasteiger partial charge >= 0.3 is 12.1 Å². The fraction of sp³-hybridized carbons (Fsp3) is 0.0588. The first-order valence-corrected chi connectivity index (χ1v) is 6.64. The van der Waals surface area contributed by atoms with Gasteiger partial charge in [-0.3, -0.25) is 5.32 Å². The van der Waals surface area contributed by atoms with Crippen LogP contribution in [0.25, 0.3) is 6.08 Å². The van der Waals surface area contributed by atoms with Crippen LogP contribution < -0.4 is 5.32 Å². The maximum absolute atomic E-state index is 11.6. The third kappa shape index (κ3) is 4.49. The predicted molar refractivity (Wildman–Crippen MR) is 83.8 cm³/mol. The maximum Gasteiger partial charge on any atom is 0.411 e. The number of carboxylic acid groups (broad SMARTS) is 1. The SMILES string of the molecule is O=C(Nc1ccccc1C(=O)O)OCC=Cc1ccccc1. The van der Waals surface area contributed by atoms with E-state index in [4.69, 9.17) is 9.84 Å². The Morgan fingerprint density at radius 1 is 1.05 bits per heavy atom. The lowest BCUT2D eigenvalue weighted by molar-refractivity contribution is 0.0698. The fourth-order valence-electron chi connectivity index (χ4n) is 1.80. The molecule has 0 heterocycles. The molecule has 0 aliphatic rings. The van der Waals surface area contributed by atoms with Gasteiger partial charge in [0.15, 0.2) is 0 Å². The number of amides is 1. The average molecular weight is 297 g/mol. The van der Waals surface area contributed by atoms with Crippen molar-refractivity contribution in [3.8, 4) is 0 Å². The highest BCUT2D eigenvalue weighted by Crippen LogP contribution is 2.15. The van der Waals surface area contributed by atoms with Crippen molar-refractivity contribution in [3.63, 3.8) is 0 Å². The Morgan fingerprint density at radius 3 is 2.45 bits per heavy atom. The van der Waals surface area contributed by atoms with Gasteiger partial charge in [-0.05, 0) is 23.8 Å². The molecule has 5 nitrogen and oxygen atoms in total. The second-order valence-electron chi connectivity index (χ2n) is 4.39.